The Morgan fingerprint density at radius 3 is 2.62 bits per heavy atom. The molecular weight excluding hydrogens is 484 g/mol. The van der Waals surface area contributed by atoms with Gasteiger partial charge in [0.05, 0.1) is 11.4 Å². The Bertz CT molecular complexity index is 840. The van der Waals surface area contributed by atoms with Crippen LogP contribution < -0.4 is 16.4 Å². The van der Waals surface area contributed by atoms with E-state index in [4.69, 9.17) is 5.73 Å². The normalized spacial score (nSPS) is 12.0. The van der Waals surface area contributed by atoms with Crippen molar-refractivity contribution < 1.29 is 4.39 Å². The number of nitriles is 1. The minimum atomic E-state index is -0.337. The Labute approximate surface area is 188 Å². The molecule has 1 aromatic heterocycles. The van der Waals surface area contributed by atoms with Gasteiger partial charge in [0.15, 0.2) is 5.96 Å². The monoisotopic (exact) mass is 513 g/mol. The summed E-state index contributed by atoms with van der Waals surface area (Å²) >= 11 is 0. The van der Waals surface area contributed by atoms with E-state index >= 15 is 0 Å². The average molecular weight is 513 g/mol. The molecule has 1 aromatic carbocycles. The van der Waals surface area contributed by atoms with E-state index in [0.717, 1.165) is 25.3 Å². The second-order valence-corrected chi connectivity index (χ2v) is 6.52. The number of anilines is 1. The Kier molecular flexibility index (Phi) is 10.4. The summed E-state index contributed by atoms with van der Waals surface area (Å²) in [6.07, 6.45) is 2.31. The zero-order chi connectivity index (χ0) is 20.5. The molecule has 0 saturated carbocycles. The van der Waals surface area contributed by atoms with Crippen molar-refractivity contribution >= 4 is 35.8 Å². The van der Waals surface area contributed by atoms with Crippen LogP contribution in [0.4, 0.5) is 10.2 Å². The Balaban J connectivity index is 0.00000420. The van der Waals surface area contributed by atoms with Gasteiger partial charge in [0.1, 0.15) is 23.3 Å². The van der Waals surface area contributed by atoms with Crippen molar-refractivity contribution in [1.29, 1.82) is 5.26 Å². The van der Waals surface area contributed by atoms with E-state index in [1.807, 2.05) is 6.92 Å². The fourth-order valence-corrected chi connectivity index (χ4v) is 2.65. The molecule has 4 N–H and O–H groups in total. The molecular formula is C20H29FIN7. The van der Waals surface area contributed by atoms with Crippen LogP contribution in [0.25, 0.3) is 5.69 Å². The molecule has 158 valence electrons. The van der Waals surface area contributed by atoms with E-state index in [0.29, 0.717) is 36.0 Å². The van der Waals surface area contributed by atoms with Crippen molar-refractivity contribution in [3.8, 4) is 11.8 Å². The number of nitrogens with one attached hydrogen (secondary N) is 2. The van der Waals surface area contributed by atoms with Gasteiger partial charge in [-0.05, 0) is 57.4 Å². The van der Waals surface area contributed by atoms with Gasteiger partial charge in [0, 0.05) is 19.1 Å². The molecule has 0 saturated heterocycles. The van der Waals surface area contributed by atoms with Gasteiger partial charge in [0.2, 0.25) is 0 Å². The van der Waals surface area contributed by atoms with Gasteiger partial charge in [-0.25, -0.2) is 9.07 Å². The summed E-state index contributed by atoms with van der Waals surface area (Å²) in [5.41, 5.74) is 7.68. The maximum atomic E-state index is 13.1. The smallest absolute Gasteiger partial charge is 0.191 e. The lowest BCUT2D eigenvalue weighted by molar-refractivity contribution is 0.623. The molecule has 7 nitrogen and oxygen atoms in total. The molecule has 0 fully saturated rings. The second-order valence-electron chi connectivity index (χ2n) is 6.52. The maximum Gasteiger partial charge on any atom is 0.191 e. The van der Waals surface area contributed by atoms with E-state index in [1.54, 1.807) is 12.1 Å². The Hall–Kier alpha value is -2.35. The number of benzene rings is 1. The van der Waals surface area contributed by atoms with E-state index in [2.05, 4.69) is 40.6 Å². The van der Waals surface area contributed by atoms with Crippen LogP contribution in [0.5, 0.6) is 0 Å². The van der Waals surface area contributed by atoms with Gasteiger partial charge in [-0.1, -0.05) is 6.92 Å². The molecule has 0 aliphatic carbocycles. The number of nitrogens with two attached hydrogens (primary N) is 1. The number of hydrogen-bond donors (Lipinski definition) is 3. The first kappa shape index (κ1) is 24.7. The number of halogens is 2. The first-order valence-electron chi connectivity index (χ1n) is 9.58. The lowest BCUT2D eigenvalue weighted by atomic mass is 10.1. The number of aromatic nitrogens is 2. The molecule has 9 heteroatoms. The molecule has 2 aromatic rings. The summed E-state index contributed by atoms with van der Waals surface area (Å²) < 4.78 is 14.6. The zero-order valence-electron chi connectivity index (χ0n) is 17.1. The van der Waals surface area contributed by atoms with E-state index < -0.39 is 0 Å². The molecule has 0 spiro atoms. The largest absolute Gasteiger partial charge is 0.382 e. The van der Waals surface area contributed by atoms with Crippen molar-refractivity contribution in [3.05, 3.63) is 41.3 Å². The van der Waals surface area contributed by atoms with Crippen LogP contribution in [-0.2, 0) is 6.42 Å². The van der Waals surface area contributed by atoms with Crippen molar-refractivity contribution in [2.45, 2.75) is 46.1 Å². The standard InChI is InChI=1S/C20H28FN7.HI/c1-4-14(3)26-20(24-5-2)25-12-6-7-18-17(13-22)19(23)28(27-18)16-10-8-15(21)9-11-16;/h8-11,14H,4-7,12,23H2,1-3H3,(H2,24,25,26);1H. The highest BCUT2D eigenvalue weighted by Crippen LogP contribution is 2.21. The number of aryl methyl sites for hydroxylation is 1. The quantitative estimate of drug-likeness (QED) is 0.217. The van der Waals surface area contributed by atoms with Crippen LogP contribution in [0.15, 0.2) is 29.3 Å². The van der Waals surface area contributed by atoms with Crippen LogP contribution >= 0.6 is 24.0 Å². The van der Waals surface area contributed by atoms with Crippen LogP contribution in [0.3, 0.4) is 0 Å². The van der Waals surface area contributed by atoms with Crippen LogP contribution in [0.2, 0.25) is 0 Å². The van der Waals surface area contributed by atoms with Gasteiger partial charge in [-0.2, -0.15) is 10.4 Å². The van der Waals surface area contributed by atoms with Crippen molar-refractivity contribution in [3.63, 3.8) is 0 Å². The molecule has 29 heavy (non-hydrogen) atoms. The molecule has 0 bridgehead atoms. The third kappa shape index (κ3) is 6.88. The molecule has 1 atom stereocenters. The Morgan fingerprint density at radius 1 is 1.34 bits per heavy atom. The third-order valence-electron chi connectivity index (χ3n) is 4.36. The van der Waals surface area contributed by atoms with Gasteiger partial charge in [0.25, 0.3) is 0 Å². The van der Waals surface area contributed by atoms with Crippen molar-refractivity contribution in [2.75, 3.05) is 18.8 Å². The summed E-state index contributed by atoms with van der Waals surface area (Å²) in [5.74, 6) is 0.712. The SMILES string of the molecule is CCNC(=NCCCc1nn(-c2ccc(F)cc2)c(N)c1C#N)NC(C)CC.I. The van der Waals surface area contributed by atoms with Crippen LogP contribution in [-0.4, -0.2) is 34.9 Å². The van der Waals surface area contributed by atoms with Gasteiger partial charge >= 0.3 is 0 Å². The van der Waals surface area contributed by atoms with Crippen LogP contribution in [0, 0.1) is 17.1 Å². The topological polar surface area (TPSA) is 104 Å². The van der Waals surface area contributed by atoms with E-state index in [1.165, 1.54) is 16.8 Å². The fourth-order valence-electron chi connectivity index (χ4n) is 2.65. The molecule has 0 aliphatic heterocycles. The second kappa shape index (κ2) is 12.3. The first-order chi connectivity index (χ1) is 13.5. The van der Waals surface area contributed by atoms with Crippen LogP contribution in [0.1, 0.15) is 44.9 Å². The number of guanidine groups is 1. The Morgan fingerprint density at radius 2 is 2.03 bits per heavy atom. The number of nitrogen functional groups attached to an aromatic ring is 1. The molecule has 1 unspecified atom stereocenters. The van der Waals surface area contributed by atoms with Crippen molar-refractivity contribution in [1.82, 2.24) is 20.4 Å². The third-order valence-corrected chi connectivity index (χ3v) is 4.36. The zero-order valence-corrected chi connectivity index (χ0v) is 19.4. The summed E-state index contributed by atoms with van der Waals surface area (Å²) in [6.45, 7) is 7.64. The van der Waals surface area contributed by atoms with Gasteiger partial charge in [-0.15, -0.1) is 24.0 Å². The number of aliphatic imine (C=N–C) groups is 1. The maximum absolute atomic E-state index is 13.1. The predicted octanol–water partition coefficient (Wildman–Crippen LogP) is 3.37. The highest BCUT2D eigenvalue weighted by Gasteiger charge is 2.16. The van der Waals surface area contributed by atoms with Crippen molar-refractivity contribution in [2.24, 2.45) is 4.99 Å². The lowest BCUT2D eigenvalue weighted by Gasteiger charge is -2.16. The summed E-state index contributed by atoms with van der Waals surface area (Å²) in [5, 5.41) is 20.5. The minimum absolute atomic E-state index is 0. The molecule has 2 rings (SSSR count). The highest BCUT2D eigenvalue weighted by atomic mass is 127. The lowest BCUT2D eigenvalue weighted by Crippen LogP contribution is -2.42. The van der Waals surface area contributed by atoms with Gasteiger partial charge in [-0.3, -0.25) is 4.99 Å². The van der Waals surface area contributed by atoms with Gasteiger partial charge < -0.3 is 16.4 Å². The summed E-state index contributed by atoms with van der Waals surface area (Å²) in [7, 11) is 0. The molecule has 0 radical (unpaired) electrons. The number of rotatable bonds is 8. The minimum Gasteiger partial charge on any atom is -0.382 e. The molecule has 1 heterocycles. The molecule has 0 amide bonds. The van der Waals surface area contributed by atoms with E-state index in [-0.39, 0.29) is 35.6 Å². The average Bonchev–Trinajstić information content (AvgIpc) is 3.01. The summed E-state index contributed by atoms with van der Waals surface area (Å²) in [6, 6.07) is 8.30. The fraction of sp³-hybridized carbons (Fsp3) is 0.450. The predicted molar refractivity (Wildman–Crippen MR) is 125 cm³/mol. The number of hydrogen-bond acceptors (Lipinski definition) is 4. The van der Waals surface area contributed by atoms with E-state index in [9.17, 15) is 9.65 Å². The summed E-state index contributed by atoms with van der Waals surface area (Å²) in [4.78, 5) is 4.57. The highest BCUT2D eigenvalue weighted by molar-refractivity contribution is 14.0. The molecule has 0 aliphatic rings. The number of nitrogens with zero attached hydrogens (tertiary/aromatic N) is 4. The first-order valence-corrected chi connectivity index (χ1v) is 9.58.